The van der Waals surface area contributed by atoms with Crippen LogP contribution in [-0.4, -0.2) is 19.7 Å². The van der Waals surface area contributed by atoms with E-state index in [9.17, 15) is 0 Å². The Morgan fingerprint density at radius 2 is 1.88 bits per heavy atom. The molecule has 5 nitrogen and oxygen atoms in total. The van der Waals surface area contributed by atoms with Gasteiger partial charge in [0.25, 0.3) is 0 Å². The number of anilines is 1. The predicted octanol–water partition coefficient (Wildman–Crippen LogP) is 3.64. The summed E-state index contributed by atoms with van der Waals surface area (Å²) in [6.45, 7) is 0.674. The zero-order chi connectivity index (χ0) is 17.1. The molecule has 5 heteroatoms. The SMILES string of the molecule is Nc1ccc(-c2ccccn2)cc1-c1ccn(Cc2cccnc2)n1. The average Bonchev–Trinajstić information content (AvgIpc) is 3.12. The molecule has 0 saturated heterocycles. The molecule has 0 atom stereocenters. The van der Waals surface area contributed by atoms with Gasteiger partial charge in [-0.1, -0.05) is 18.2 Å². The van der Waals surface area contributed by atoms with E-state index in [1.54, 1.807) is 12.4 Å². The van der Waals surface area contributed by atoms with Crippen molar-refractivity contribution in [1.82, 2.24) is 19.7 Å². The fraction of sp³-hybridized carbons (Fsp3) is 0.0500. The van der Waals surface area contributed by atoms with Gasteiger partial charge in [0.05, 0.1) is 17.9 Å². The molecule has 0 aliphatic carbocycles. The molecule has 0 fully saturated rings. The molecular formula is C20H17N5. The van der Waals surface area contributed by atoms with Crippen molar-refractivity contribution in [3.8, 4) is 22.5 Å². The van der Waals surface area contributed by atoms with E-state index >= 15 is 0 Å². The lowest BCUT2D eigenvalue weighted by Gasteiger charge is -2.07. The maximum atomic E-state index is 6.18. The van der Waals surface area contributed by atoms with Crippen LogP contribution in [0, 0.1) is 0 Å². The van der Waals surface area contributed by atoms with Crippen LogP contribution in [0.4, 0.5) is 5.69 Å². The van der Waals surface area contributed by atoms with Gasteiger partial charge in [0, 0.05) is 41.6 Å². The Morgan fingerprint density at radius 1 is 0.920 bits per heavy atom. The Labute approximate surface area is 145 Å². The second-order valence-corrected chi connectivity index (χ2v) is 5.78. The molecule has 0 aliphatic heterocycles. The third-order valence-corrected chi connectivity index (χ3v) is 4.00. The lowest BCUT2D eigenvalue weighted by molar-refractivity contribution is 0.687. The van der Waals surface area contributed by atoms with Crippen LogP contribution in [0.1, 0.15) is 5.56 Å². The van der Waals surface area contributed by atoms with Gasteiger partial charge in [-0.3, -0.25) is 14.6 Å². The van der Waals surface area contributed by atoms with Crippen LogP contribution in [0.2, 0.25) is 0 Å². The van der Waals surface area contributed by atoms with Gasteiger partial charge in [-0.05, 0) is 42.0 Å². The second kappa shape index (κ2) is 6.57. The van der Waals surface area contributed by atoms with Crippen LogP contribution in [0.25, 0.3) is 22.5 Å². The molecule has 0 bridgehead atoms. The zero-order valence-electron chi connectivity index (χ0n) is 13.6. The van der Waals surface area contributed by atoms with Crippen LogP contribution in [0.5, 0.6) is 0 Å². The second-order valence-electron chi connectivity index (χ2n) is 5.78. The molecule has 0 amide bonds. The fourth-order valence-electron chi connectivity index (χ4n) is 2.74. The summed E-state index contributed by atoms with van der Waals surface area (Å²) in [5.41, 5.74) is 11.7. The molecule has 0 radical (unpaired) electrons. The lowest BCUT2D eigenvalue weighted by atomic mass is 10.0. The number of pyridine rings is 2. The summed E-state index contributed by atoms with van der Waals surface area (Å²) in [7, 11) is 0. The number of nitrogen functional groups attached to an aromatic ring is 1. The van der Waals surface area contributed by atoms with Crippen molar-refractivity contribution in [2.75, 3.05) is 5.73 Å². The molecule has 2 N–H and O–H groups in total. The van der Waals surface area contributed by atoms with E-state index in [1.807, 2.05) is 71.7 Å². The van der Waals surface area contributed by atoms with Gasteiger partial charge in [-0.2, -0.15) is 5.10 Å². The summed E-state index contributed by atoms with van der Waals surface area (Å²) >= 11 is 0. The molecule has 1 aromatic carbocycles. The fourth-order valence-corrected chi connectivity index (χ4v) is 2.74. The molecule has 0 aliphatic rings. The summed E-state index contributed by atoms with van der Waals surface area (Å²) in [5, 5.41) is 4.66. The zero-order valence-corrected chi connectivity index (χ0v) is 13.6. The maximum Gasteiger partial charge on any atom is 0.0944 e. The number of hydrogen-bond donors (Lipinski definition) is 1. The molecule has 0 spiro atoms. The standard InChI is InChI=1S/C20H17N5/c21-18-7-6-16(19-5-1-2-10-23-19)12-17(18)20-8-11-25(24-20)14-15-4-3-9-22-13-15/h1-13H,14,21H2. The van der Waals surface area contributed by atoms with E-state index in [4.69, 9.17) is 5.73 Å². The third kappa shape index (κ3) is 3.26. The van der Waals surface area contributed by atoms with E-state index in [0.717, 1.165) is 28.1 Å². The quantitative estimate of drug-likeness (QED) is 0.581. The van der Waals surface area contributed by atoms with E-state index in [-0.39, 0.29) is 0 Å². The third-order valence-electron chi connectivity index (χ3n) is 4.00. The van der Waals surface area contributed by atoms with Crippen molar-refractivity contribution in [2.45, 2.75) is 6.54 Å². The van der Waals surface area contributed by atoms with Crippen LogP contribution in [0.15, 0.2) is 79.4 Å². The molecule has 3 aromatic heterocycles. The number of nitrogens with two attached hydrogens (primary N) is 1. The molecule has 4 aromatic rings. The molecule has 0 unspecified atom stereocenters. The first-order valence-corrected chi connectivity index (χ1v) is 8.03. The minimum atomic E-state index is 0.674. The van der Waals surface area contributed by atoms with E-state index < -0.39 is 0 Å². The largest absolute Gasteiger partial charge is 0.398 e. The van der Waals surface area contributed by atoms with Gasteiger partial charge in [0.15, 0.2) is 0 Å². The van der Waals surface area contributed by atoms with Crippen molar-refractivity contribution >= 4 is 5.69 Å². The van der Waals surface area contributed by atoms with Gasteiger partial charge >= 0.3 is 0 Å². The Bertz CT molecular complexity index is 977. The highest BCUT2D eigenvalue weighted by Crippen LogP contribution is 2.29. The maximum absolute atomic E-state index is 6.18. The highest BCUT2D eigenvalue weighted by Gasteiger charge is 2.09. The first-order chi connectivity index (χ1) is 12.3. The number of rotatable bonds is 4. The Morgan fingerprint density at radius 3 is 2.68 bits per heavy atom. The van der Waals surface area contributed by atoms with Crippen LogP contribution >= 0.6 is 0 Å². The number of aromatic nitrogens is 4. The van der Waals surface area contributed by atoms with Crippen LogP contribution < -0.4 is 5.73 Å². The summed E-state index contributed by atoms with van der Waals surface area (Å²) in [5.74, 6) is 0. The Hall–Kier alpha value is -3.47. The van der Waals surface area contributed by atoms with Crippen molar-refractivity contribution in [3.63, 3.8) is 0 Å². The average molecular weight is 327 g/mol. The smallest absolute Gasteiger partial charge is 0.0944 e. The Balaban J connectivity index is 1.66. The summed E-state index contributed by atoms with van der Waals surface area (Å²) < 4.78 is 1.89. The minimum absolute atomic E-state index is 0.674. The number of benzene rings is 1. The van der Waals surface area contributed by atoms with Gasteiger partial charge < -0.3 is 5.73 Å². The Kier molecular flexibility index (Phi) is 3.96. The van der Waals surface area contributed by atoms with E-state index in [1.165, 1.54) is 0 Å². The molecule has 4 rings (SSSR count). The molecule has 122 valence electrons. The molecule has 25 heavy (non-hydrogen) atoms. The molecular weight excluding hydrogens is 310 g/mol. The van der Waals surface area contributed by atoms with E-state index in [0.29, 0.717) is 12.2 Å². The minimum Gasteiger partial charge on any atom is -0.398 e. The van der Waals surface area contributed by atoms with Gasteiger partial charge in [0.1, 0.15) is 0 Å². The lowest BCUT2D eigenvalue weighted by Crippen LogP contribution is -2.01. The molecule has 0 saturated carbocycles. The van der Waals surface area contributed by atoms with Crippen molar-refractivity contribution in [1.29, 1.82) is 0 Å². The van der Waals surface area contributed by atoms with Crippen LogP contribution in [-0.2, 0) is 6.54 Å². The van der Waals surface area contributed by atoms with Crippen molar-refractivity contribution in [2.24, 2.45) is 0 Å². The van der Waals surface area contributed by atoms with Crippen molar-refractivity contribution in [3.05, 3.63) is 84.9 Å². The first-order valence-electron chi connectivity index (χ1n) is 8.03. The summed E-state index contributed by atoms with van der Waals surface area (Å²) in [6, 6.07) is 17.7. The van der Waals surface area contributed by atoms with Crippen molar-refractivity contribution < 1.29 is 0 Å². The highest BCUT2D eigenvalue weighted by atomic mass is 15.3. The van der Waals surface area contributed by atoms with E-state index in [2.05, 4.69) is 15.1 Å². The van der Waals surface area contributed by atoms with Gasteiger partial charge in [-0.15, -0.1) is 0 Å². The predicted molar refractivity (Wildman–Crippen MR) is 98.6 cm³/mol. The number of hydrogen-bond acceptors (Lipinski definition) is 4. The normalized spacial score (nSPS) is 10.7. The van der Waals surface area contributed by atoms with Crippen LogP contribution in [0.3, 0.4) is 0 Å². The summed E-state index contributed by atoms with van der Waals surface area (Å²) in [6.07, 6.45) is 7.35. The topological polar surface area (TPSA) is 69.6 Å². The molecule has 3 heterocycles. The summed E-state index contributed by atoms with van der Waals surface area (Å²) in [4.78, 5) is 8.54. The highest BCUT2D eigenvalue weighted by molar-refractivity contribution is 5.79. The number of nitrogens with zero attached hydrogens (tertiary/aromatic N) is 4. The van der Waals surface area contributed by atoms with Gasteiger partial charge in [-0.25, -0.2) is 0 Å². The first kappa shape index (κ1) is 15.1. The van der Waals surface area contributed by atoms with Gasteiger partial charge in [0.2, 0.25) is 0 Å². The monoisotopic (exact) mass is 327 g/mol.